The monoisotopic (exact) mass is 237 g/mol. The summed E-state index contributed by atoms with van der Waals surface area (Å²) in [5, 5.41) is 7.98. The molecule has 1 aromatic rings. The highest BCUT2D eigenvalue weighted by atomic mass is 16.5. The molecule has 4 heteroatoms. The number of rotatable bonds is 5. The Morgan fingerprint density at radius 2 is 2.47 bits per heavy atom. The average Bonchev–Trinajstić information content (AvgIpc) is 2.95. The number of aromatic nitrogens is 2. The second kappa shape index (κ2) is 5.65. The Bertz CT molecular complexity index is 356. The minimum atomic E-state index is 0.383. The molecule has 1 aromatic heterocycles. The van der Waals surface area contributed by atoms with Crippen LogP contribution in [0, 0.1) is 0 Å². The van der Waals surface area contributed by atoms with Gasteiger partial charge in [-0.05, 0) is 32.3 Å². The minimum Gasteiger partial charge on any atom is -0.377 e. The van der Waals surface area contributed by atoms with E-state index < -0.39 is 0 Å². The Kier molecular flexibility index (Phi) is 4.18. The highest BCUT2D eigenvalue weighted by Crippen LogP contribution is 2.15. The van der Waals surface area contributed by atoms with Gasteiger partial charge >= 0.3 is 0 Å². The van der Waals surface area contributed by atoms with Gasteiger partial charge in [0.25, 0.3) is 0 Å². The topological polar surface area (TPSA) is 39.1 Å². The molecule has 1 N–H and O–H groups in total. The number of nitrogens with one attached hydrogen (secondary N) is 1. The van der Waals surface area contributed by atoms with Crippen molar-refractivity contribution in [2.24, 2.45) is 7.05 Å². The molecule has 17 heavy (non-hydrogen) atoms. The largest absolute Gasteiger partial charge is 0.377 e. The van der Waals surface area contributed by atoms with Crippen molar-refractivity contribution < 1.29 is 4.74 Å². The van der Waals surface area contributed by atoms with Gasteiger partial charge in [-0.15, -0.1) is 0 Å². The van der Waals surface area contributed by atoms with E-state index in [4.69, 9.17) is 4.74 Å². The highest BCUT2D eigenvalue weighted by molar-refractivity contribution is 5.10. The molecule has 0 bridgehead atoms. The molecule has 2 unspecified atom stereocenters. The maximum absolute atomic E-state index is 5.67. The average molecular weight is 237 g/mol. The first-order valence-electron chi connectivity index (χ1n) is 6.57. The van der Waals surface area contributed by atoms with Gasteiger partial charge in [0.1, 0.15) is 0 Å². The molecule has 0 saturated carbocycles. The Morgan fingerprint density at radius 1 is 1.65 bits per heavy atom. The Morgan fingerprint density at radius 3 is 3.06 bits per heavy atom. The summed E-state index contributed by atoms with van der Waals surface area (Å²) in [6, 6.07) is 2.59. The van der Waals surface area contributed by atoms with Crippen molar-refractivity contribution in [1.82, 2.24) is 15.1 Å². The molecule has 2 atom stereocenters. The normalized spacial score (nSPS) is 21.9. The molecule has 1 aliphatic rings. The molecule has 96 valence electrons. The fourth-order valence-corrected chi connectivity index (χ4v) is 2.30. The van der Waals surface area contributed by atoms with Gasteiger partial charge in [-0.1, -0.05) is 6.92 Å². The zero-order valence-corrected chi connectivity index (χ0v) is 11.1. The number of aryl methyl sites for hydroxylation is 2. The molecule has 2 rings (SSSR count). The molecular formula is C13H23N3O. The van der Waals surface area contributed by atoms with Crippen LogP contribution in [0.2, 0.25) is 0 Å². The molecule has 0 amide bonds. The Labute approximate surface area is 103 Å². The van der Waals surface area contributed by atoms with E-state index in [9.17, 15) is 0 Å². The van der Waals surface area contributed by atoms with Crippen molar-refractivity contribution in [3.05, 3.63) is 17.5 Å². The molecule has 1 aliphatic heterocycles. The standard InChI is InChI=1S/C13H23N3O/c1-4-11-8-12(16(3)15-11)9-14-10(2)13-6-5-7-17-13/h8,10,13-14H,4-7,9H2,1-3H3. The summed E-state index contributed by atoms with van der Waals surface area (Å²) in [7, 11) is 2.01. The fraction of sp³-hybridized carbons (Fsp3) is 0.769. The SMILES string of the molecule is CCc1cc(CNC(C)C2CCCO2)n(C)n1. The number of nitrogens with zero attached hydrogens (tertiary/aromatic N) is 2. The van der Waals surface area contributed by atoms with Crippen molar-refractivity contribution in [3.63, 3.8) is 0 Å². The quantitative estimate of drug-likeness (QED) is 0.846. The number of hydrogen-bond acceptors (Lipinski definition) is 3. The van der Waals surface area contributed by atoms with Crippen LogP contribution in [-0.4, -0.2) is 28.5 Å². The summed E-state index contributed by atoms with van der Waals surface area (Å²) < 4.78 is 7.64. The molecule has 0 spiro atoms. The van der Waals surface area contributed by atoms with Crippen LogP contribution in [0.5, 0.6) is 0 Å². The van der Waals surface area contributed by atoms with E-state index >= 15 is 0 Å². The van der Waals surface area contributed by atoms with Crippen LogP contribution >= 0.6 is 0 Å². The third-order valence-electron chi connectivity index (χ3n) is 3.52. The molecule has 1 saturated heterocycles. The molecule has 1 fully saturated rings. The summed E-state index contributed by atoms with van der Waals surface area (Å²) in [5.41, 5.74) is 2.40. The van der Waals surface area contributed by atoms with Crippen LogP contribution in [-0.2, 0) is 24.8 Å². The maximum atomic E-state index is 5.67. The number of ether oxygens (including phenoxy) is 1. The lowest BCUT2D eigenvalue weighted by molar-refractivity contribution is 0.0830. The molecule has 0 radical (unpaired) electrons. The van der Waals surface area contributed by atoms with Crippen molar-refractivity contribution >= 4 is 0 Å². The van der Waals surface area contributed by atoms with Crippen molar-refractivity contribution in [1.29, 1.82) is 0 Å². The first kappa shape index (κ1) is 12.6. The minimum absolute atomic E-state index is 0.383. The third kappa shape index (κ3) is 3.07. The number of hydrogen-bond donors (Lipinski definition) is 1. The summed E-state index contributed by atoms with van der Waals surface area (Å²) >= 11 is 0. The maximum Gasteiger partial charge on any atom is 0.0726 e. The van der Waals surface area contributed by atoms with E-state index in [1.165, 1.54) is 18.5 Å². The summed E-state index contributed by atoms with van der Waals surface area (Å²) in [6.45, 7) is 6.12. The lowest BCUT2D eigenvalue weighted by Crippen LogP contribution is -2.36. The Hall–Kier alpha value is -0.870. The first-order valence-corrected chi connectivity index (χ1v) is 6.57. The van der Waals surface area contributed by atoms with E-state index in [1.807, 2.05) is 11.7 Å². The molecule has 2 heterocycles. The second-order valence-corrected chi connectivity index (χ2v) is 4.83. The predicted octanol–water partition coefficient (Wildman–Crippen LogP) is 1.64. The van der Waals surface area contributed by atoms with Crippen molar-refractivity contribution in [2.45, 2.75) is 51.8 Å². The molecule has 0 aromatic carbocycles. The molecule has 0 aliphatic carbocycles. The van der Waals surface area contributed by atoms with Gasteiger partial charge in [0.2, 0.25) is 0 Å². The molecular weight excluding hydrogens is 214 g/mol. The zero-order valence-electron chi connectivity index (χ0n) is 11.1. The van der Waals surface area contributed by atoms with Gasteiger partial charge in [0, 0.05) is 26.2 Å². The lowest BCUT2D eigenvalue weighted by Gasteiger charge is -2.19. The third-order valence-corrected chi connectivity index (χ3v) is 3.52. The smallest absolute Gasteiger partial charge is 0.0726 e. The van der Waals surface area contributed by atoms with Crippen LogP contribution in [0.4, 0.5) is 0 Å². The van der Waals surface area contributed by atoms with E-state index in [0.29, 0.717) is 12.1 Å². The summed E-state index contributed by atoms with van der Waals surface area (Å²) in [5.74, 6) is 0. The molecule has 4 nitrogen and oxygen atoms in total. The van der Waals surface area contributed by atoms with Gasteiger partial charge in [-0.3, -0.25) is 4.68 Å². The lowest BCUT2D eigenvalue weighted by atomic mass is 10.1. The van der Waals surface area contributed by atoms with Crippen LogP contribution in [0.3, 0.4) is 0 Å². The van der Waals surface area contributed by atoms with Crippen LogP contribution in [0.25, 0.3) is 0 Å². The van der Waals surface area contributed by atoms with E-state index in [-0.39, 0.29) is 0 Å². The summed E-state index contributed by atoms with van der Waals surface area (Å²) in [4.78, 5) is 0. The van der Waals surface area contributed by atoms with E-state index in [1.54, 1.807) is 0 Å². The predicted molar refractivity (Wildman–Crippen MR) is 67.9 cm³/mol. The van der Waals surface area contributed by atoms with Crippen LogP contribution < -0.4 is 5.32 Å². The van der Waals surface area contributed by atoms with Crippen LogP contribution in [0.15, 0.2) is 6.07 Å². The Balaban J connectivity index is 1.85. The highest BCUT2D eigenvalue weighted by Gasteiger charge is 2.21. The zero-order chi connectivity index (χ0) is 12.3. The van der Waals surface area contributed by atoms with Crippen molar-refractivity contribution in [2.75, 3.05) is 6.61 Å². The van der Waals surface area contributed by atoms with Gasteiger partial charge in [-0.2, -0.15) is 5.10 Å². The van der Waals surface area contributed by atoms with Gasteiger partial charge in [0.15, 0.2) is 0 Å². The van der Waals surface area contributed by atoms with Gasteiger partial charge in [0.05, 0.1) is 17.5 Å². The fourth-order valence-electron chi connectivity index (χ4n) is 2.30. The van der Waals surface area contributed by atoms with Gasteiger partial charge < -0.3 is 10.1 Å². The first-order chi connectivity index (χ1) is 8.20. The van der Waals surface area contributed by atoms with Crippen LogP contribution in [0.1, 0.15) is 38.1 Å². The van der Waals surface area contributed by atoms with Gasteiger partial charge in [-0.25, -0.2) is 0 Å². The van der Waals surface area contributed by atoms with E-state index in [2.05, 4.69) is 30.3 Å². The second-order valence-electron chi connectivity index (χ2n) is 4.83. The summed E-state index contributed by atoms with van der Waals surface area (Å²) in [6.07, 6.45) is 3.76. The van der Waals surface area contributed by atoms with Crippen molar-refractivity contribution in [3.8, 4) is 0 Å². The van der Waals surface area contributed by atoms with E-state index in [0.717, 1.165) is 25.3 Å².